The molecular weight excluding hydrogens is 557 g/mol. The van der Waals surface area contributed by atoms with Crippen LogP contribution in [0.4, 0.5) is 5.69 Å². The van der Waals surface area contributed by atoms with Crippen molar-refractivity contribution in [2.24, 2.45) is 0 Å². The Hall–Kier alpha value is -3.07. The zero-order valence-corrected chi connectivity index (χ0v) is 24.6. The second-order valence-electron chi connectivity index (χ2n) is 8.93. The summed E-state index contributed by atoms with van der Waals surface area (Å²) >= 11 is 12.3. The fourth-order valence-electron chi connectivity index (χ4n) is 4.19. The van der Waals surface area contributed by atoms with Gasteiger partial charge in [0, 0.05) is 13.1 Å². The molecule has 3 rings (SSSR count). The van der Waals surface area contributed by atoms with Crippen LogP contribution < -0.4 is 9.62 Å². The van der Waals surface area contributed by atoms with E-state index in [1.165, 1.54) is 17.0 Å². The molecule has 3 aromatic rings. The minimum absolute atomic E-state index is 0.0410. The van der Waals surface area contributed by atoms with Crippen molar-refractivity contribution < 1.29 is 18.0 Å². The lowest BCUT2D eigenvalue weighted by Gasteiger charge is -2.33. The highest BCUT2D eigenvalue weighted by Crippen LogP contribution is 2.27. The topological polar surface area (TPSA) is 86.8 Å². The third-order valence-corrected chi connectivity index (χ3v) is 8.84. The normalized spacial score (nSPS) is 12.0. The summed E-state index contributed by atoms with van der Waals surface area (Å²) in [6.45, 7) is 5.53. The molecule has 0 aliphatic rings. The lowest BCUT2D eigenvalue weighted by atomic mass is 10.1. The molecule has 0 aliphatic carbocycles. The zero-order chi connectivity index (χ0) is 28.6. The predicted molar refractivity (Wildman–Crippen MR) is 157 cm³/mol. The van der Waals surface area contributed by atoms with Crippen LogP contribution in [-0.4, -0.2) is 44.3 Å². The number of amides is 2. The molecule has 0 radical (unpaired) electrons. The van der Waals surface area contributed by atoms with Gasteiger partial charge in [-0.3, -0.25) is 13.9 Å². The number of halogens is 2. The summed E-state index contributed by atoms with van der Waals surface area (Å²) in [6, 6.07) is 19.2. The van der Waals surface area contributed by atoms with Crippen LogP contribution in [-0.2, 0) is 32.6 Å². The standard InChI is InChI=1S/C29H33Cl2N3O4S/c1-4-21-12-15-23(16-13-21)34(39(37,38)24-10-8-7-9-11-24)20-28(35)33(27(5-2)29(36)32-6-3)19-22-14-17-25(30)26(31)18-22/h7-18,27H,4-6,19-20H2,1-3H3,(H,32,36)/t27-/m0/s1. The maximum atomic E-state index is 14.0. The van der Waals surface area contributed by atoms with Gasteiger partial charge in [-0.15, -0.1) is 0 Å². The minimum Gasteiger partial charge on any atom is -0.355 e. The Balaban J connectivity index is 2.06. The molecule has 39 heavy (non-hydrogen) atoms. The zero-order valence-electron chi connectivity index (χ0n) is 22.2. The van der Waals surface area contributed by atoms with E-state index < -0.39 is 28.5 Å². The van der Waals surface area contributed by atoms with E-state index in [1.54, 1.807) is 62.4 Å². The van der Waals surface area contributed by atoms with Crippen LogP contribution in [0.25, 0.3) is 0 Å². The van der Waals surface area contributed by atoms with Crippen LogP contribution in [0.5, 0.6) is 0 Å². The first-order valence-electron chi connectivity index (χ1n) is 12.8. The average molecular weight is 591 g/mol. The van der Waals surface area contributed by atoms with Crippen molar-refractivity contribution in [2.45, 2.75) is 51.1 Å². The number of aryl methyl sites for hydroxylation is 1. The number of rotatable bonds is 12. The lowest BCUT2D eigenvalue weighted by Crippen LogP contribution is -2.52. The third-order valence-electron chi connectivity index (χ3n) is 6.32. The highest BCUT2D eigenvalue weighted by Gasteiger charge is 2.33. The van der Waals surface area contributed by atoms with Gasteiger partial charge in [0.05, 0.1) is 20.6 Å². The Kier molecular flexibility index (Phi) is 10.8. The van der Waals surface area contributed by atoms with Crippen molar-refractivity contribution in [1.29, 1.82) is 0 Å². The average Bonchev–Trinajstić information content (AvgIpc) is 2.94. The number of benzene rings is 3. The second-order valence-corrected chi connectivity index (χ2v) is 11.6. The van der Waals surface area contributed by atoms with Gasteiger partial charge in [0.25, 0.3) is 10.0 Å². The van der Waals surface area contributed by atoms with Crippen molar-refractivity contribution in [2.75, 3.05) is 17.4 Å². The highest BCUT2D eigenvalue weighted by atomic mass is 35.5. The smallest absolute Gasteiger partial charge is 0.264 e. The van der Waals surface area contributed by atoms with E-state index in [9.17, 15) is 18.0 Å². The maximum absolute atomic E-state index is 14.0. The van der Waals surface area contributed by atoms with Gasteiger partial charge in [0.2, 0.25) is 11.8 Å². The van der Waals surface area contributed by atoms with E-state index in [0.29, 0.717) is 34.3 Å². The van der Waals surface area contributed by atoms with Crippen LogP contribution in [0.15, 0.2) is 77.7 Å². The SMILES string of the molecule is CCNC(=O)[C@H](CC)N(Cc1ccc(Cl)c(Cl)c1)C(=O)CN(c1ccc(CC)cc1)S(=O)(=O)c1ccccc1. The number of sulfonamides is 1. The maximum Gasteiger partial charge on any atom is 0.264 e. The molecular formula is C29H33Cl2N3O4S. The van der Waals surface area contributed by atoms with E-state index in [4.69, 9.17) is 23.2 Å². The number of anilines is 1. The summed E-state index contributed by atoms with van der Waals surface area (Å²) in [7, 11) is -4.10. The van der Waals surface area contributed by atoms with Crippen LogP contribution >= 0.6 is 23.2 Å². The molecule has 0 aliphatic heterocycles. The Morgan fingerprint density at radius 1 is 0.872 bits per heavy atom. The minimum atomic E-state index is -4.10. The van der Waals surface area contributed by atoms with Crippen LogP contribution in [0, 0.1) is 0 Å². The summed E-state index contributed by atoms with van der Waals surface area (Å²) in [5, 5.41) is 3.46. The largest absolute Gasteiger partial charge is 0.355 e. The molecule has 1 atom stereocenters. The molecule has 0 heterocycles. The molecule has 0 bridgehead atoms. The number of carbonyl (C=O) groups excluding carboxylic acids is 2. The van der Waals surface area contributed by atoms with Gasteiger partial charge in [0.1, 0.15) is 12.6 Å². The Labute approximate surface area is 240 Å². The van der Waals surface area contributed by atoms with Gasteiger partial charge in [-0.2, -0.15) is 0 Å². The molecule has 0 aromatic heterocycles. The van der Waals surface area contributed by atoms with Crippen LogP contribution in [0.2, 0.25) is 10.0 Å². The molecule has 3 aromatic carbocycles. The van der Waals surface area contributed by atoms with Crippen molar-refractivity contribution in [3.8, 4) is 0 Å². The summed E-state index contributed by atoms with van der Waals surface area (Å²) in [5.74, 6) is -0.851. The first kappa shape index (κ1) is 30.5. The number of hydrogen-bond donors (Lipinski definition) is 1. The number of likely N-dealkylation sites (N-methyl/N-ethyl adjacent to an activating group) is 1. The van der Waals surface area contributed by atoms with Gasteiger partial charge in [-0.1, -0.05) is 73.4 Å². The summed E-state index contributed by atoms with van der Waals surface area (Å²) < 4.78 is 28.7. The molecule has 10 heteroatoms. The fourth-order valence-corrected chi connectivity index (χ4v) is 5.95. The van der Waals surface area contributed by atoms with Crippen molar-refractivity contribution in [1.82, 2.24) is 10.2 Å². The fraction of sp³-hybridized carbons (Fsp3) is 0.310. The molecule has 0 saturated carbocycles. The summed E-state index contributed by atoms with van der Waals surface area (Å²) in [5.41, 5.74) is 2.04. The van der Waals surface area contributed by atoms with E-state index in [0.717, 1.165) is 16.3 Å². The number of hydrogen-bond acceptors (Lipinski definition) is 4. The highest BCUT2D eigenvalue weighted by molar-refractivity contribution is 7.92. The molecule has 1 N–H and O–H groups in total. The van der Waals surface area contributed by atoms with E-state index in [1.807, 2.05) is 19.1 Å². The molecule has 2 amide bonds. The Morgan fingerprint density at radius 3 is 2.08 bits per heavy atom. The van der Waals surface area contributed by atoms with E-state index in [-0.39, 0.29) is 17.3 Å². The quantitative estimate of drug-likeness (QED) is 0.294. The summed E-state index contributed by atoms with van der Waals surface area (Å²) in [4.78, 5) is 28.4. The van der Waals surface area contributed by atoms with Crippen LogP contribution in [0.1, 0.15) is 38.3 Å². The molecule has 0 unspecified atom stereocenters. The molecule has 7 nitrogen and oxygen atoms in total. The lowest BCUT2D eigenvalue weighted by molar-refractivity contribution is -0.140. The third kappa shape index (κ3) is 7.53. The summed E-state index contributed by atoms with van der Waals surface area (Å²) in [6.07, 6.45) is 1.11. The first-order valence-corrected chi connectivity index (χ1v) is 15.0. The van der Waals surface area contributed by atoms with Crippen molar-refractivity contribution in [3.05, 3.63) is 94.0 Å². The van der Waals surface area contributed by atoms with Crippen molar-refractivity contribution >= 4 is 50.7 Å². The Bertz CT molecular complexity index is 1380. The van der Waals surface area contributed by atoms with E-state index in [2.05, 4.69) is 5.32 Å². The van der Waals surface area contributed by atoms with Gasteiger partial charge in [0.15, 0.2) is 0 Å². The van der Waals surface area contributed by atoms with Crippen LogP contribution in [0.3, 0.4) is 0 Å². The number of carbonyl (C=O) groups is 2. The number of nitrogens with one attached hydrogen (secondary N) is 1. The molecule has 208 valence electrons. The second kappa shape index (κ2) is 13.8. The Morgan fingerprint density at radius 2 is 1.51 bits per heavy atom. The van der Waals surface area contributed by atoms with Gasteiger partial charge in [-0.25, -0.2) is 8.42 Å². The van der Waals surface area contributed by atoms with Gasteiger partial charge < -0.3 is 10.2 Å². The monoisotopic (exact) mass is 589 g/mol. The molecule has 0 spiro atoms. The van der Waals surface area contributed by atoms with E-state index >= 15 is 0 Å². The van der Waals surface area contributed by atoms with Crippen molar-refractivity contribution in [3.63, 3.8) is 0 Å². The number of nitrogens with zero attached hydrogens (tertiary/aromatic N) is 2. The predicted octanol–water partition coefficient (Wildman–Crippen LogP) is 5.69. The molecule has 0 saturated heterocycles. The first-order chi connectivity index (χ1) is 18.6. The van der Waals surface area contributed by atoms with Gasteiger partial charge >= 0.3 is 0 Å². The molecule has 0 fully saturated rings. The van der Waals surface area contributed by atoms with Gasteiger partial charge in [-0.05, 0) is 67.3 Å².